The Balaban J connectivity index is 1.75. The molecule has 150 valence electrons. The first-order valence-corrected chi connectivity index (χ1v) is 10.0. The van der Waals surface area contributed by atoms with Crippen molar-refractivity contribution in [3.63, 3.8) is 0 Å². The van der Waals surface area contributed by atoms with Gasteiger partial charge in [0, 0.05) is 29.1 Å². The maximum Gasteiger partial charge on any atom is 0.337 e. The molecule has 1 aliphatic rings. The normalized spacial score (nSPS) is 14.2. The Morgan fingerprint density at radius 3 is 2.68 bits per heavy atom. The molecule has 1 aromatic heterocycles. The van der Waals surface area contributed by atoms with Gasteiger partial charge in [-0.1, -0.05) is 29.8 Å². The highest BCUT2D eigenvalue weighted by Crippen LogP contribution is 2.25. The molecule has 1 aromatic carbocycles. The number of allylic oxidation sites excluding steroid dienone is 1. The van der Waals surface area contributed by atoms with Crippen molar-refractivity contribution in [2.75, 3.05) is 6.54 Å². The Bertz CT molecular complexity index is 883. The van der Waals surface area contributed by atoms with Crippen molar-refractivity contribution in [3.8, 4) is 0 Å². The van der Waals surface area contributed by atoms with Gasteiger partial charge in [0.25, 0.3) is 0 Å². The lowest BCUT2D eigenvalue weighted by molar-refractivity contribution is 0.0694. The van der Waals surface area contributed by atoms with Gasteiger partial charge in [-0.05, 0) is 58.6 Å². The van der Waals surface area contributed by atoms with E-state index in [0.29, 0.717) is 29.9 Å². The Labute approximate surface area is 166 Å². The van der Waals surface area contributed by atoms with E-state index in [2.05, 4.69) is 11.4 Å². The van der Waals surface area contributed by atoms with E-state index < -0.39 is 5.97 Å². The summed E-state index contributed by atoms with van der Waals surface area (Å²) < 4.78 is 16.0. The van der Waals surface area contributed by atoms with Crippen molar-refractivity contribution < 1.29 is 14.3 Å². The minimum absolute atomic E-state index is 0.271. The number of carboxylic acids is 1. The van der Waals surface area contributed by atoms with Crippen LogP contribution >= 0.6 is 0 Å². The van der Waals surface area contributed by atoms with E-state index in [4.69, 9.17) is 0 Å². The van der Waals surface area contributed by atoms with Crippen LogP contribution in [0.3, 0.4) is 0 Å². The van der Waals surface area contributed by atoms with E-state index >= 15 is 0 Å². The fraction of sp³-hybridized carbons (Fsp3) is 0.435. The summed E-state index contributed by atoms with van der Waals surface area (Å²) >= 11 is 0. The fourth-order valence-electron chi connectivity index (χ4n) is 4.08. The second-order valence-electron chi connectivity index (χ2n) is 7.54. The van der Waals surface area contributed by atoms with Gasteiger partial charge < -0.3 is 15.0 Å². The van der Waals surface area contributed by atoms with E-state index in [1.54, 1.807) is 25.1 Å². The van der Waals surface area contributed by atoms with E-state index in [-0.39, 0.29) is 5.82 Å². The van der Waals surface area contributed by atoms with Crippen LogP contribution in [0.25, 0.3) is 0 Å². The molecule has 1 heterocycles. The van der Waals surface area contributed by atoms with Gasteiger partial charge >= 0.3 is 5.97 Å². The van der Waals surface area contributed by atoms with Crippen LogP contribution in [0.4, 0.5) is 4.39 Å². The SMILES string of the molecule is Cc1c(CNCCC2=CCCCC2)c(C(=O)O)c(C)n1Cc1ccccc1F. The highest BCUT2D eigenvalue weighted by Gasteiger charge is 2.22. The first-order chi connectivity index (χ1) is 13.5. The Morgan fingerprint density at radius 2 is 2.00 bits per heavy atom. The molecular formula is C23H29FN2O2. The highest BCUT2D eigenvalue weighted by molar-refractivity contribution is 5.91. The van der Waals surface area contributed by atoms with Crippen LogP contribution < -0.4 is 5.32 Å². The summed E-state index contributed by atoms with van der Waals surface area (Å²) in [6, 6.07) is 6.63. The smallest absolute Gasteiger partial charge is 0.337 e. The van der Waals surface area contributed by atoms with Gasteiger partial charge in [0.1, 0.15) is 5.82 Å². The van der Waals surface area contributed by atoms with Gasteiger partial charge in [0.2, 0.25) is 0 Å². The minimum Gasteiger partial charge on any atom is -0.478 e. The van der Waals surface area contributed by atoms with Gasteiger partial charge in [-0.25, -0.2) is 9.18 Å². The molecule has 4 nitrogen and oxygen atoms in total. The number of hydrogen-bond acceptors (Lipinski definition) is 2. The lowest BCUT2D eigenvalue weighted by atomic mass is 9.97. The number of halogens is 1. The molecule has 28 heavy (non-hydrogen) atoms. The van der Waals surface area contributed by atoms with Gasteiger partial charge in [0.05, 0.1) is 12.1 Å². The van der Waals surface area contributed by atoms with Gasteiger partial charge in [-0.15, -0.1) is 0 Å². The van der Waals surface area contributed by atoms with Crippen LogP contribution in [0.2, 0.25) is 0 Å². The summed E-state index contributed by atoms with van der Waals surface area (Å²) in [5.74, 6) is -1.20. The maximum atomic E-state index is 14.1. The molecule has 0 fully saturated rings. The van der Waals surface area contributed by atoms with E-state index in [1.165, 1.54) is 37.3 Å². The van der Waals surface area contributed by atoms with Crippen molar-refractivity contribution in [3.05, 3.63) is 69.8 Å². The zero-order chi connectivity index (χ0) is 20.1. The molecule has 0 unspecified atom stereocenters. The third-order valence-corrected chi connectivity index (χ3v) is 5.72. The molecule has 0 bridgehead atoms. The number of rotatable bonds is 8. The molecule has 2 aromatic rings. The summed E-state index contributed by atoms with van der Waals surface area (Å²) in [6.07, 6.45) is 8.26. The minimum atomic E-state index is -0.931. The van der Waals surface area contributed by atoms with Crippen molar-refractivity contribution >= 4 is 5.97 Å². The highest BCUT2D eigenvalue weighted by atomic mass is 19.1. The van der Waals surface area contributed by atoms with E-state index in [0.717, 1.165) is 24.2 Å². The van der Waals surface area contributed by atoms with Gasteiger partial charge in [-0.3, -0.25) is 0 Å². The predicted molar refractivity (Wildman–Crippen MR) is 109 cm³/mol. The van der Waals surface area contributed by atoms with Crippen LogP contribution in [0, 0.1) is 19.7 Å². The summed E-state index contributed by atoms with van der Waals surface area (Å²) in [4.78, 5) is 11.9. The molecule has 0 atom stereocenters. The molecule has 0 saturated carbocycles. The topological polar surface area (TPSA) is 54.3 Å². The first kappa shape index (κ1) is 20.3. The number of aromatic nitrogens is 1. The number of carboxylic acid groups (broad SMARTS) is 1. The monoisotopic (exact) mass is 384 g/mol. The van der Waals surface area contributed by atoms with Crippen molar-refractivity contribution in [2.24, 2.45) is 0 Å². The number of nitrogens with one attached hydrogen (secondary N) is 1. The number of carbonyl (C=O) groups is 1. The van der Waals surface area contributed by atoms with Gasteiger partial charge in [-0.2, -0.15) is 0 Å². The summed E-state index contributed by atoms with van der Waals surface area (Å²) in [5, 5.41) is 13.2. The average Bonchev–Trinajstić information content (AvgIpc) is 2.92. The van der Waals surface area contributed by atoms with E-state index in [9.17, 15) is 14.3 Å². The lowest BCUT2D eigenvalue weighted by Crippen LogP contribution is -2.18. The molecular weight excluding hydrogens is 355 g/mol. The van der Waals surface area contributed by atoms with Crippen LogP contribution in [-0.4, -0.2) is 22.2 Å². The van der Waals surface area contributed by atoms with Crippen molar-refractivity contribution in [1.82, 2.24) is 9.88 Å². The Morgan fingerprint density at radius 1 is 1.21 bits per heavy atom. The van der Waals surface area contributed by atoms with Crippen LogP contribution in [-0.2, 0) is 13.1 Å². The summed E-state index contributed by atoms with van der Waals surface area (Å²) in [5.41, 5.74) is 4.73. The Hall–Kier alpha value is -2.40. The molecule has 3 rings (SSSR count). The number of nitrogens with zero attached hydrogens (tertiary/aromatic N) is 1. The molecule has 5 heteroatoms. The van der Waals surface area contributed by atoms with Crippen LogP contribution in [0.1, 0.15) is 65.0 Å². The molecule has 2 N–H and O–H groups in total. The van der Waals surface area contributed by atoms with Gasteiger partial charge in [0.15, 0.2) is 0 Å². The number of aromatic carboxylic acids is 1. The average molecular weight is 384 g/mol. The van der Waals surface area contributed by atoms with E-state index in [1.807, 2.05) is 11.5 Å². The molecule has 0 radical (unpaired) electrons. The zero-order valence-corrected chi connectivity index (χ0v) is 16.7. The lowest BCUT2D eigenvalue weighted by Gasteiger charge is -2.13. The first-order valence-electron chi connectivity index (χ1n) is 10.0. The second-order valence-corrected chi connectivity index (χ2v) is 7.54. The predicted octanol–water partition coefficient (Wildman–Crippen LogP) is 4.97. The molecule has 0 aliphatic heterocycles. The third-order valence-electron chi connectivity index (χ3n) is 5.72. The molecule has 0 spiro atoms. The quantitative estimate of drug-likeness (QED) is 0.499. The number of hydrogen-bond donors (Lipinski definition) is 2. The summed E-state index contributed by atoms with van der Waals surface area (Å²) in [7, 11) is 0. The largest absolute Gasteiger partial charge is 0.478 e. The van der Waals surface area contributed by atoms with Crippen LogP contribution in [0.5, 0.6) is 0 Å². The molecule has 1 aliphatic carbocycles. The summed E-state index contributed by atoms with van der Waals surface area (Å²) in [6.45, 7) is 5.39. The standard InChI is InChI=1S/C23H29FN2O2/c1-16-20(14-25-13-12-18-8-4-3-5-9-18)22(23(27)28)17(2)26(16)15-19-10-6-7-11-21(19)24/h6-8,10-11,25H,3-5,9,12-15H2,1-2H3,(H,27,28). The Kier molecular flexibility index (Phi) is 6.68. The zero-order valence-electron chi connectivity index (χ0n) is 16.7. The fourth-order valence-corrected chi connectivity index (χ4v) is 4.08. The second kappa shape index (κ2) is 9.20. The number of benzene rings is 1. The maximum absolute atomic E-state index is 14.1. The van der Waals surface area contributed by atoms with Crippen molar-refractivity contribution in [1.29, 1.82) is 0 Å². The van der Waals surface area contributed by atoms with Crippen LogP contribution in [0.15, 0.2) is 35.9 Å². The molecule has 0 saturated heterocycles. The third kappa shape index (κ3) is 4.53. The van der Waals surface area contributed by atoms with Crippen molar-refractivity contribution in [2.45, 2.75) is 59.0 Å². The molecule has 0 amide bonds.